The number of nitrogens with one attached hydrogen (secondary N) is 3. The molecule has 3 N–H and O–H groups in total. The number of amides is 3. The van der Waals surface area contributed by atoms with Gasteiger partial charge in [0.05, 0.1) is 43.7 Å². The van der Waals surface area contributed by atoms with Crippen molar-refractivity contribution in [2.75, 3.05) is 26.9 Å². The zero-order valence-corrected chi connectivity index (χ0v) is 26.5. The maximum Gasteiger partial charge on any atom is 0.338 e. The van der Waals surface area contributed by atoms with Gasteiger partial charge in [0.2, 0.25) is 0 Å². The predicted molar refractivity (Wildman–Crippen MR) is 171 cm³/mol. The van der Waals surface area contributed by atoms with Crippen molar-refractivity contribution in [2.24, 2.45) is 5.10 Å². The highest BCUT2D eigenvalue weighted by molar-refractivity contribution is 5.95. The fraction of sp³-hybridized carbons (Fsp3) is 0.265. The molecule has 0 saturated heterocycles. The van der Waals surface area contributed by atoms with Crippen LogP contribution in [0.1, 0.15) is 53.9 Å². The lowest BCUT2D eigenvalue weighted by Gasteiger charge is -2.28. The second kappa shape index (κ2) is 16.5. The Bertz CT molecular complexity index is 1670. The van der Waals surface area contributed by atoms with E-state index in [4.69, 9.17) is 23.7 Å². The number of urea groups is 1. The summed E-state index contributed by atoms with van der Waals surface area (Å²) in [5.41, 5.74) is 5.66. The van der Waals surface area contributed by atoms with E-state index in [1.54, 1.807) is 87.5 Å². The van der Waals surface area contributed by atoms with Gasteiger partial charge in [0.25, 0.3) is 5.91 Å². The third-order valence-corrected chi connectivity index (χ3v) is 6.78. The Hall–Kier alpha value is -5.85. The lowest BCUT2D eigenvalue weighted by Crippen LogP contribution is -2.45. The zero-order valence-electron chi connectivity index (χ0n) is 26.5. The van der Waals surface area contributed by atoms with Crippen LogP contribution in [0.5, 0.6) is 17.2 Å². The number of allylic oxidation sites excluding steroid dienone is 1. The lowest BCUT2D eigenvalue weighted by atomic mass is 9.95. The second-order valence-corrected chi connectivity index (χ2v) is 10.1. The molecule has 1 aliphatic rings. The van der Waals surface area contributed by atoms with Crippen molar-refractivity contribution in [2.45, 2.75) is 33.4 Å². The molecule has 0 spiro atoms. The van der Waals surface area contributed by atoms with Crippen molar-refractivity contribution < 1.29 is 42.9 Å². The molecule has 0 saturated carbocycles. The Balaban J connectivity index is 1.31. The minimum absolute atomic E-state index is 0.177. The molecule has 3 amide bonds. The molecule has 0 aromatic heterocycles. The molecule has 1 heterocycles. The Morgan fingerprint density at radius 2 is 1.66 bits per heavy atom. The third-order valence-electron chi connectivity index (χ3n) is 6.78. The average molecular weight is 645 g/mol. The van der Waals surface area contributed by atoms with Gasteiger partial charge in [0.15, 0.2) is 18.1 Å². The van der Waals surface area contributed by atoms with E-state index < -0.39 is 23.9 Å². The number of rotatable bonds is 14. The lowest BCUT2D eigenvalue weighted by molar-refractivity contribution is -0.139. The Morgan fingerprint density at radius 3 is 2.38 bits per heavy atom. The van der Waals surface area contributed by atoms with Crippen molar-refractivity contribution in [3.8, 4) is 17.2 Å². The summed E-state index contributed by atoms with van der Waals surface area (Å²) in [5.74, 6) is -0.284. The minimum atomic E-state index is -0.781. The van der Waals surface area contributed by atoms with E-state index in [9.17, 15) is 19.2 Å². The van der Waals surface area contributed by atoms with E-state index in [-0.39, 0.29) is 37.1 Å². The van der Waals surface area contributed by atoms with Gasteiger partial charge < -0.3 is 34.3 Å². The molecule has 0 fully saturated rings. The molecule has 3 aromatic carbocycles. The van der Waals surface area contributed by atoms with Crippen LogP contribution in [0.4, 0.5) is 4.79 Å². The summed E-state index contributed by atoms with van der Waals surface area (Å²) in [7, 11) is 1.43. The van der Waals surface area contributed by atoms with Gasteiger partial charge in [0.1, 0.15) is 12.4 Å². The highest BCUT2D eigenvalue weighted by atomic mass is 16.5. The van der Waals surface area contributed by atoms with Gasteiger partial charge in [-0.25, -0.2) is 19.8 Å². The Morgan fingerprint density at radius 1 is 0.915 bits per heavy atom. The number of hydrazone groups is 1. The van der Waals surface area contributed by atoms with E-state index in [2.05, 4.69) is 21.2 Å². The van der Waals surface area contributed by atoms with Crippen LogP contribution in [0.3, 0.4) is 0 Å². The number of methoxy groups -OCH3 is 1. The van der Waals surface area contributed by atoms with Gasteiger partial charge in [0, 0.05) is 5.70 Å². The minimum Gasteiger partial charge on any atom is -0.493 e. The Labute approximate surface area is 271 Å². The van der Waals surface area contributed by atoms with Crippen LogP contribution in [0.2, 0.25) is 0 Å². The van der Waals surface area contributed by atoms with Crippen LogP contribution in [0, 0.1) is 0 Å². The number of hydrogen-bond acceptors (Lipinski definition) is 10. The quantitative estimate of drug-likeness (QED) is 0.133. The van der Waals surface area contributed by atoms with E-state index in [1.165, 1.54) is 13.3 Å². The number of benzene rings is 3. The SMILES string of the molecule is CCOC(=O)C1=C(C)NC(=O)N[C@@H]1c1ccc(OCC(=O)N/N=C/c2cccc(OCc3ccc(C(=O)OCC)cc3)c2)c(OC)c1. The van der Waals surface area contributed by atoms with Gasteiger partial charge in [-0.3, -0.25) is 4.79 Å². The number of carbonyl (C=O) groups is 4. The summed E-state index contributed by atoms with van der Waals surface area (Å²) in [5, 5.41) is 9.31. The largest absolute Gasteiger partial charge is 0.493 e. The fourth-order valence-corrected chi connectivity index (χ4v) is 4.56. The monoisotopic (exact) mass is 644 g/mol. The van der Waals surface area contributed by atoms with Gasteiger partial charge in [-0.15, -0.1) is 0 Å². The molecule has 1 atom stereocenters. The molecule has 1 aliphatic heterocycles. The molecular weight excluding hydrogens is 608 g/mol. The molecular formula is C34H36N4O9. The normalized spacial score (nSPS) is 14.1. The van der Waals surface area contributed by atoms with Crippen molar-refractivity contribution in [3.63, 3.8) is 0 Å². The number of carbonyl (C=O) groups excluding carboxylic acids is 4. The molecule has 0 unspecified atom stereocenters. The second-order valence-electron chi connectivity index (χ2n) is 10.1. The molecule has 0 aliphatic carbocycles. The van der Waals surface area contributed by atoms with Crippen LogP contribution >= 0.6 is 0 Å². The first-order valence-electron chi connectivity index (χ1n) is 14.8. The first-order chi connectivity index (χ1) is 22.7. The summed E-state index contributed by atoms with van der Waals surface area (Å²) < 4.78 is 27.1. The number of nitrogens with zero attached hydrogens (tertiary/aromatic N) is 1. The highest BCUT2D eigenvalue weighted by Gasteiger charge is 2.32. The molecule has 13 heteroatoms. The molecule has 13 nitrogen and oxygen atoms in total. The van der Waals surface area contributed by atoms with Crippen LogP contribution in [-0.4, -0.2) is 57.0 Å². The summed E-state index contributed by atoms with van der Waals surface area (Å²) in [6.07, 6.45) is 1.47. The molecule has 47 heavy (non-hydrogen) atoms. The van der Waals surface area contributed by atoms with Gasteiger partial charge in [-0.05, 0) is 73.9 Å². The predicted octanol–water partition coefficient (Wildman–Crippen LogP) is 4.17. The van der Waals surface area contributed by atoms with E-state index in [0.717, 1.165) is 5.56 Å². The van der Waals surface area contributed by atoms with Crippen LogP contribution < -0.4 is 30.3 Å². The van der Waals surface area contributed by atoms with Gasteiger partial charge in [-0.1, -0.05) is 30.3 Å². The average Bonchev–Trinajstić information content (AvgIpc) is 3.06. The summed E-state index contributed by atoms with van der Waals surface area (Å²) in [6.45, 7) is 5.49. The van der Waals surface area contributed by atoms with E-state index in [0.29, 0.717) is 40.5 Å². The van der Waals surface area contributed by atoms with Gasteiger partial charge in [-0.2, -0.15) is 5.10 Å². The van der Waals surface area contributed by atoms with Crippen molar-refractivity contribution in [1.82, 2.24) is 16.1 Å². The summed E-state index contributed by atoms with van der Waals surface area (Å²) >= 11 is 0. The number of esters is 2. The summed E-state index contributed by atoms with van der Waals surface area (Å²) in [6, 6.07) is 17.7. The van der Waals surface area contributed by atoms with Crippen molar-refractivity contribution in [3.05, 3.63) is 100 Å². The van der Waals surface area contributed by atoms with Crippen LogP contribution in [0.15, 0.2) is 83.1 Å². The molecule has 0 bridgehead atoms. The first kappa shape index (κ1) is 34.0. The highest BCUT2D eigenvalue weighted by Crippen LogP contribution is 2.34. The van der Waals surface area contributed by atoms with E-state index >= 15 is 0 Å². The van der Waals surface area contributed by atoms with Crippen molar-refractivity contribution in [1.29, 1.82) is 0 Å². The molecule has 0 radical (unpaired) electrons. The standard InChI is InChI=1S/C34H36N4O9/c1-5-44-32(40)24-12-10-22(11-13-24)19-46-26-9-7-8-23(16-26)18-35-38-29(39)20-47-27-15-14-25(17-28(27)43-4)31-30(33(41)45-6-2)21(3)36-34(42)37-31/h7-18,31H,5-6,19-20H2,1-4H3,(H,38,39)(H2,36,37,42)/b35-18+/t31-/m1/s1. The maximum absolute atomic E-state index is 12.6. The van der Waals surface area contributed by atoms with Gasteiger partial charge >= 0.3 is 18.0 Å². The Kier molecular flexibility index (Phi) is 11.9. The maximum atomic E-state index is 12.6. The number of hydrogen-bond donors (Lipinski definition) is 3. The molecule has 246 valence electrons. The molecule has 3 aromatic rings. The van der Waals surface area contributed by atoms with Crippen LogP contribution in [-0.2, 0) is 25.7 Å². The first-order valence-corrected chi connectivity index (χ1v) is 14.8. The molecule has 4 rings (SSSR count). The van der Waals surface area contributed by atoms with Crippen molar-refractivity contribution >= 4 is 30.1 Å². The van der Waals surface area contributed by atoms with Crippen LogP contribution in [0.25, 0.3) is 0 Å². The van der Waals surface area contributed by atoms with E-state index in [1.807, 2.05) is 0 Å². The topological polar surface area (TPSA) is 163 Å². The third kappa shape index (κ3) is 9.33. The fourth-order valence-electron chi connectivity index (χ4n) is 4.56. The number of ether oxygens (including phenoxy) is 5. The zero-order chi connectivity index (χ0) is 33.8. The summed E-state index contributed by atoms with van der Waals surface area (Å²) in [4.78, 5) is 49.0. The smallest absolute Gasteiger partial charge is 0.338 e.